The van der Waals surface area contributed by atoms with Gasteiger partial charge in [-0.2, -0.15) is 4.39 Å². The molecule has 2 aromatic rings. The molecule has 0 amide bonds. The van der Waals surface area contributed by atoms with E-state index in [1.807, 2.05) is 24.3 Å². The van der Waals surface area contributed by atoms with Crippen molar-refractivity contribution < 1.29 is 27.4 Å². The van der Waals surface area contributed by atoms with E-state index in [2.05, 4.69) is 34.7 Å². The molecular weight excluding hydrogens is 581 g/mol. The third-order valence-electron chi connectivity index (χ3n) is 6.61. The maximum atomic E-state index is 14.0. The first kappa shape index (κ1) is 29.5. The number of fused-ring (bicyclic) bond motifs is 1. The van der Waals surface area contributed by atoms with Crippen molar-refractivity contribution in [3.63, 3.8) is 0 Å². The highest BCUT2D eigenvalue weighted by Gasteiger charge is 2.42. The number of benzene rings is 2. The second kappa shape index (κ2) is 12.7. The van der Waals surface area contributed by atoms with E-state index in [-0.39, 0.29) is 16.4 Å². The lowest BCUT2D eigenvalue weighted by Gasteiger charge is -2.37. The molecule has 10 heteroatoms. The van der Waals surface area contributed by atoms with E-state index in [1.165, 1.54) is 17.8 Å². The highest BCUT2D eigenvalue weighted by Crippen LogP contribution is 2.48. The van der Waals surface area contributed by atoms with Crippen LogP contribution in [0.3, 0.4) is 0 Å². The molecule has 0 radical (unpaired) electrons. The van der Waals surface area contributed by atoms with Gasteiger partial charge in [0.1, 0.15) is 12.0 Å². The average molecular weight is 615 g/mol. The minimum Gasteiger partial charge on any atom is -0.476 e. The summed E-state index contributed by atoms with van der Waals surface area (Å²) in [6.07, 6.45) is 7.65. The van der Waals surface area contributed by atoms with E-state index in [1.54, 1.807) is 12.3 Å². The van der Waals surface area contributed by atoms with Crippen LogP contribution in [0.1, 0.15) is 52.4 Å². The van der Waals surface area contributed by atoms with E-state index in [0.717, 1.165) is 48.7 Å². The van der Waals surface area contributed by atoms with Gasteiger partial charge in [0.2, 0.25) is 5.83 Å². The number of carbonyl (C=O) groups is 1. The number of ether oxygens (including phenoxy) is 1. The van der Waals surface area contributed by atoms with Gasteiger partial charge in [-0.15, -0.1) is 11.8 Å². The molecule has 202 valence electrons. The number of hydrogen-bond acceptors (Lipinski definition) is 6. The number of rotatable bonds is 11. The summed E-state index contributed by atoms with van der Waals surface area (Å²) in [4.78, 5) is 13.6. The van der Waals surface area contributed by atoms with Crippen LogP contribution >= 0.6 is 27.7 Å². The Balaban J connectivity index is 2.25. The summed E-state index contributed by atoms with van der Waals surface area (Å²) in [6, 6.07) is 10.9. The first-order chi connectivity index (χ1) is 17.6. The van der Waals surface area contributed by atoms with Crippen molar-refractivity contribution in [2.75, 3.05) is 23.5 Å². The molecule has 0 unspecified atom stereocenters. The van der Waals surface area contributed by atoms with Gasteiger partial charge in [-0.05, 0) is 49.4 Å². The number of carboxylic acid groups (broad SMARTS) is 1. The van der Waals surface area contributed by atoms with Gasteiger partial charge in [-0.3, -0.25) is 0 Å². The minimum absolute atomic E-state index is 0.00257. The van der Waals surface area contributed by atoms with Crippen LogP contribution in [0.15, 0.2) is 62.8 Å². The van der Waals surface area contributed by atoms with Crippen molar-refractivity contribution in [3.8, 4) is 5.75 Å². The molecule has 6 nitrogen and oxygen atoms in total. The number of nitrogens with zero attached hydrogens (tertiary/aromatic N) is 1. The molecule has 0 atom stereocenters. The maximum absolute atomic E-state index is 14.0. The van der Waals surface area contributed by atoms with Crippen LogP contribution in [-0.4, -0.2) is 38.0 Å². The molecule has 37 heavy (non-hydrogen) atoms. The van der Waals surface area contributed by atoms with Crippen molar-refractivity contribution in [3.05, 3.63) is 53.0 Å². The number of hydrogen-bond donors (Lipinski definition) is 1. The molecule has 1 N–H and O–H groups in total. The van der Waals surface area contributed by atoms with Crippen molar-refractivity contribution in [2.45, 2.75) is 62.2 Å². The van der Waals surface area contributed by atoms with E-state index >= 15 is 0 Å². The Morgan fingerprint density at radius 3 is 2.35 bits per heavy atom. The van der Waals surface area contributed by atoms with E-state index in [9.17, 15) is 17.6 Å². The van der Waals surface area contributed by atoms with Gasteiger partial charge in [0.05, 0.1) is 21.2 Å². The Labute approximate surface area is 231 Å². The monoisotopic (exact) mass is 613 g/mol. The van der Waals surface area contributed by atoms with Crippen LogP contribution < -0.4 is 9.64 Å². The summed E-state index contributed by atoms with van der Waals surface area (Å²) < 4.78 is 47.9. The zero-order valence-corrected chi connectivity index (χ0v) is 24.5. The lowest BCUT2D eigenvalue weighted by Crippen LogP contribution is -2.38. The number of sulfone groups is 1. The number of halogens is 2. The molecule has 0 spiro atoms. The summed E-state index contributed by atoms with van der Waals surface area (Å²) in [5.74, 6) is -3.14. The normalized spacial score (nSPS) is 16.7. The number of thioether (sulfide) groups is 1. The van der Waals surface area contributed by atoms with Crippen LogP contribution in [0.2, 0.25) is 0 Å². The summed E-state index contributed by atoms with van der Waals surface area (Å²) in [5, 5.41) is 8.84. The smallest absolute Gasteiger partial charge is 0.368 e. The SMILES string of the molecule is CCCCC1(CCCC)CN(c2ccc(Br)cc2)c2cc(SC)c(O/C=C(\F)C(=O)O)cc2S(=O)(=O)C1. The Kier molecular flexibility index (Phi) is 10.1. The summed E-state index contributed by atoms with van der Waals surface area (Å²) in [6.45, 7) is 4.76. The molecule has 0 aromatic heterocycles. The molecule has 0 bridgehead atoms. The highest BCUT2D eigenvalue weighted by atomic mass is 79.9. The summed E-state index contributed by atoms with van der Waals surface area (Å²) >= 11 is 4.79. The van der Waals surface area contributed by atoms with E-state index in [0.29, 0.717) is 23.4 Å². The number of carboxylic acids is 1. The zero-order valence-electron chi connectivity index (χ0n) is 21.3. The fraction of sp³-hybridized carbons (Fsp3) is 0.444. The third kappa shape index (κ3) is 7.09. The molecule has 0 saturated heterocycles. The molecule has 0 aliphatic carbocycles. The molecule has 3 rings (SSSR count). The first-order valence-corrected chi connectivity index (χ1v) is 16.0. The average Bonchev–Trinajstić information content (AvgIpc) is 2.96. The Morgan fingerprint density at radius 1 is 1.19 bits per heavy atom. The second-order valence-corrected chi connectivity index (χ2v) is 13.1. The summed E-state index contributed by atoms with van der Waals surface area (Å²) in [5.41, 5.74) is 0.959. The standard InChI is InChI=1S/C27H33BrFNO5S2/c1-4-6-12-27(13-7-5-2)17-30(20-10-8-19(28)9-11-20)22-14-24(36-3)23(35-16-21(29)26(31)32)15-25(22)37(33,34)18-27/h8-11,14-16H,4-7,12-13,17-18H2,1-3H3,(H,31,32)/b21-16-. The van der Waals surface area contributed by atoms with Crippen molar-refractivity contribution in [1.29, 1.82) is 0 Å². The van der Waals surface area contributed by atoms with E-state index in [4.69, 9.17) is 9.84 Å². The first-order valence-electron chi connectivity index (χ1n) is 12.3. The Morgan fingerprint density at radius 2 is 1.81 bits per heavy atom. The predicted octanol–water partition coefficient (Wildman–Crippen LogP) is 7.74. The second-order valence-electron chi connectivity index (χ2n) is 9.39. The van der Waals surface area contributed by atoms with Crippen molar-refractivity contribution >= 4 is 54.9 Å². The van der Waals surface area contributed by atoms with Crippen molar-refractivity contribution in [1.82, 2.24) is 0 Å². The van der Waals surface area contributed by atoms with Gasteiger partial charge in [0.25, 0.3) is 0 Å². The predicted molar refractivity (Wildman–Crippen MR) is 150 cm³/mol. The van der Waals surface area contributed by atoms with Gasteiger partial charge in [-0.25, -0.2) is 13.2 Å². The maximum Gasteiger partial charge on any atom is 0.368 e. The quantitative estimate of drug-likeness (QED) is 0.158. The lowest BCUT2D eigenvalue weighted by atomic mass is 9.79. The topological polar surface area (TPSA) is 83.9 Å². The van der Waals surface area contributed by atoms with Crippen LogP contribution in [0, 0.1) is 5.41 Å². The molecule has 1 heterocycles. The molecular formula is C27H33BrFNO5S2. The fourth-order valence-corrected chi connectivity index (χ4v) is 7.66. The van der Waals surface area contributed by atoms with Gasteiger partial charge in [0, 0.05) is 28.2 Å². The lowest BCUT2D eigenvalue weighted by molar-refractivity contribution is -0.134. The minimum atomic E-state index is -3.77. The van der Waals surface area contributed by atoms with Gasteiger partial charge in [-0.1, -0.05) is 55.5 Å². The van der Waals surface area contributed by atoms with Gasteiger partial charge < -0.3 is 14.7 Å². The largest absolute Gasteiger partial charge is 0.476 e. The molecule has 2 aromatic carbocycles. The highest BCUT2D eigenvalue weighted by molar-refractivity contribution is 9.10. The zero-order chi connectivity index (χ0) is 27.2. The van der Waals surface area contributed by atoms with Crippen molar-refractivity contribution in [2.24, 2.45) is 5.41 Å². The van der Waals surface area contributed by atoms with Crippen LogP contribution in [0.25, 0.3) is 0 Å². The van der Waals surface area contributed by atoms with Gasteiger partial charge in [0.15, 0.2) is 9.84 Å². The molecule has 0 saturated carbocycles. The van der Waals surface area contributed by atoms with Gasteiger partial charge >= 0.3 is 5.97 Å². The van der Waals surface area contributed by atoms with E-state index < -0.39 is 27.0 Å². The number of anilines is 2. The third-order valence-corrected chi connectivity index (χ3v) is 9.89. The Bertz CT molecular complexity index is 1240. The van der Waals surface area contributed by atoms with Crippen LogP contribution in [0.5, 0.6) is 5.75 Å². The number of aliphatic carboxylic acids is 1. The molecule has 1 aliphatic rings. The number of unbranched alkanes of at least 4 members (excludes halogenated alkanes) is 2. The molecule has 0 fully saturated rings. The Hall–Kier alpha value is -2.04. The fourth-order valence-electron chi connectivity index (χ4n) is 4.74. The molecule has 1 aliphatic heterocycles. The van der Waals surface area contributed by atoms with Crippen LogP contribution in [0.4, 0.5) is 15.8 Å². The van der Waals surface area contributed by atoms with Crippen LogP contribution in [-0.2, 0) is 14.6 Å². The summed E-state index contributed by atoms with van der Waals surface area (Å²) in [7, 11) is -3.77.